The molecule has 1 heterocycles. The van der Waals surface area contributed by atoms with Gasteiger partial charge in [0, 0.05) is 31.0 Å². The number of nitrogens with zero attached hydrogens (tertiary/aromatic N) is 2. The van der Waals surface area contributed by atoms with Crippen molar-refractivity contribution in [2.75, 3.05) is 20.3 Å². The number of unbranched alkanes of at least 4 members (excludes halogenated alkanes) is 3. The Morgan fingerprint density at radius 1 is 0.971 bits per heavy atom. The summed E-state index contributed by atoms with van der Waals surface area (Å²) in [6.45, 7) is 8.17. The zero-order valence-electron chi connectivity index (χ0n) is 21.1. The molecular formula is C28H39N3O3. The van der Waals surface area contributed by atoms with E-state index in [0.29, 0.717) is 6.61 Å². The van der Waals surface area contributed by atoms with Crippen molar-refractivity contribution in [2.45, 2.75) is 65.8 Å². The highest BCUT2D eigenvalue weighted by Gasteiger charge is 2.20. The molecule has 2 aromatic carbocycles. The van der Waals surface area contributed by atoms with Crippen LogP contribution >= 0.6 is 0 Å². The van der Waals surface area contributed by atoms with Gasteiger partial charge in [-0.15, -0.1) is 0 Å². The number of ether oxygens (including phenoxy) is 2. The summed E-state index contributed by atoms with van der Waals surface area (Å²) in [6.07, 6.45) is 6.06. The van der Waals surface area contributed by atoms with Gasteiger partial charge in [-0.1, -0.05) is 45.4 Å². The van der Waals surface area contributed by atoms with E-state index in [9.17, 15) is 4.79 Å². The third kappa shape index (κ3) is 7.51. The number of hydrogen-bond acceptors (Lipinski definition) is 4. The monoisotopic (exact) mass is 465 g/mol. The van der Waals surface area contributed by atoms with E-state index in [4.69, 9.17) is 14.5 Å². The quantitative estimate of drug-likeness (QED) is 0.325. The molecule has 0 atom stereocenters. The number of para-hydroxylation sites is 2. The van der Waals surface area contributed by atoms with E-state index >= 15 is 0 Å². The molecule has 0 aliphatic rings. The molecule has 0 saturated heterocycles. The third-order valence-electron chi connectivity index (χ3n) is 5.86. The van der Waals surface area contributed by atoms with E-state index in [1.54, 1.807) is 7.11 Å². The van der Waals surface area contributed by atoms with Crippen LogP contribution in [-0.4, -0.2) is 35.7 Å². The van der Waals surface area contributed by atoms with Gasteiger partial charge in [-0.05, 0) is 49.9 Å². The minimum atomic E-state index is -0.330. The molecular weight excluding hydrogens is 426 g/mol. The smallest absolute Gasteiger partial charge is 0.225 e. The Bertz CT molecular complexity index is 1050. The lowest BCUT2D eigenvalue weighted by Gasteiger charge is -2.17. The molecule has 0 fully saturated rings. The number of carbonyl (C=O) groups excluding carboxylic acids is 1. The predicted octanol–water partition coefficient (Wildman–Crippen LogP) is 5.78. The Morgan fingerprint density at radius 2 is 1.76 bits per heavy atom. The van der Waals surface area contributed by atoms with E-state index in [-0.39, 0.29) is 11.3 Å². The first-order valence-electron chi connectivity index (χ1n) is 12.4. The number of aromatic nitrogens is 2. The van der Waals surface area contributed by atoms with E-state index in [1.165, 1.54) is 5.52 Å². The van der Waals surface area contributed by atoms with Gasteiger partial charge in [-0.25, -0.2) is 4.98 Å². The van der Waals surface area contributed by atoms with Crippen molar-refractivity contribution in [3.63, 3.8) is 0 Å². The SMILES string of the molecule is COc1cccc(OCCCCn2c(CCCCCNC(=O)C(C)(C)C)nc3ccccc32)c1. The molecule has 0 saturated carbocycles. The number of hydrogen-bond donors (Lipinski definition) is 1. The molecule has 3 aromatic rings. The van der Waals surface area contributed by atoms with Crippen molar-refractivity contribution in [1.82, 2.24) is 14.9 Å². The van der Waals surface area contributed by atoms with Gasteiger partial charge in [-0.3, -0.25) is 4.79 Å². The van der Waals surface area contributed by atoms with Gasteiger partial charge in [-0.2, -0.15) is 0 Å². The van der Waals surface area contributed by atoms with Crippen LogP contribution in [0.15, 0.2) is 48.5 Å². The highest BCUT2D eigenvalue weighted by molar-refractivity contribution is 5.81. The summed E-state index contributed by atoms with van der Waals surface area (Å²) in [5.41, 5.74) is 1.93. The molecule has 184 valence electrons. The first kappa shape index (κ1) is 25.6. The van der Waals surface area contributed by atoms with Crippen LogP contribution in [0.5, 0.6) is 11.5 Å². The molecule has 1 aromatic heterocycles. The Balaban J connectivity index is 1.46. The van der Waals surface area contributed by atoms with Crippen molar-refractivity contribution in [3.8, 4) is 11.5 Å². The van der Waals surface area contributed by atoms with Crippen molar-refractivity contribution < 1.29 is 14.3 Å². The summed E-state index contributed by atoms with van der Waals surface area (Å²) >= 11 is 0. The van der Waals surface area contributed by atoms with Gasteiger partial charge in [0.2, 0.25) is 5.91 Å². The van der Waals surface area contributed by atoms with Crippen LogP contribution < -0.4 is 14.8 Å². The van der Waals surface area contributed by atoms with Crippen LogP contribution in [0, 0.1) is 5.41 Å². The molecule has 0 aliphatic carbocycles. The Labute approximate surface area is 203 Å². The lowest BCUT2D eigenvalue weighted by atomic mass is 9.96. The molecule has 1 N–H and O–H groups in total. The number of fused-ring (bicyclic) bond motifs is 1. The highest BCUT2D eigenvalue weighted by atomic mass is 16.5. The molecule has 0 aliphatic heterocycles. The molecule has 0 radical (unpaired) electrons. The minimum Gasteiger partial charge on any atom is -0.497 e. The maximum atomic E-state index is 12.0. The second-order valence-electron chi connectivity index (χ2n) is 9.72. The fourth-order valence-electron chi connectivity index (χ4n) is 3.87. The van der Waals surface area contributed by atoms with Crippen molar-refractivity contribution in [3.05, 3.63) is 54.4 Å². The summed E-state index contributed by atoms with van der Waals surface area (Å²) in [4.78, 5) is 16.9. The van der Waals surface area contributed by atoms with Gasteiger partial charge in [0.1, 0.15) is 17.3 Å². The third-order valence-corrected chi connectivity index (χ3v) is 5.86. The Morgan fingerprint density at radius 3 is 2.56 bits per heavy atom. The second-order valence-corrected chi connectivity index (χ2v) is 9.72. The van der Waals surface area contributed by atoms with Gasteiger partial charge in [0.25, 0.3) is 0 Å². The number of aryl methyl sites for hydroxylation is 2. The van der Waals surface area contributed by atoms with Crippen molar-refractivity contribution in [2.24, 2.45) is 5.41 Å². The lowest BCUT2D eigenvalue weighted by Crippen LogP contribution is -2.35. The van der Waals surface area contributed by atoms with Crippen LogP contribution in [0.1, 0.15) is 58.7 Å². The standard InChI is InChI=1S/C28H39N3O3/c1-28(2,3)27(32)29-18-9-5-6-17-26-30-24-15-7-8-16-25(24)31(26)19-10-11-20-34-23-14-12-13-22(21-23)33-4/h7-8,12-16,21H,5-6,9-11,17-20H2,1-4H3,(H,29,32). The lowest BCUT2D eigenvalue weighted by molar-refractivity contribution is -0.128. The average molecular weight is 466 g/mol. The van der Waals surface area contributed by atoms with Crippen LogP contribution in [0.25, 0.3) is 11.0 Å². The first-order valence-corrected chi connectivity index (χ1v) is 12.4. The molecule has 6 nitrogen and oxygen atoms in total. The van der Waals surface area contributed by atoms with Gasteiger partial charge < -0.3 is 19.4 Å². The molecule has 34 heavy (non-hydrogen) atoms. The molecule has 6 heteroatoms. The Kier molecular flexibility index (Phi) is 9.37. The zero-order valence-corrected chi connectivity index (χ0v) is 21.1. The molecule has 1 amide bonds. The van der Waals surface area contributed by atoms with Crippen LogP contribution in [0.2, 0.25) is 0 Å². The zero-order chi connectivity index (χ0) is 24.4. The van der Waals surface area contributed by atoms with Gasteiger partial charge in [0.15, 0.2) is 0 Å². The number of carbonyl (C=O) groups is 1. The van der Waals surface area contributed by atoms with Gasteiger partial charge >= 0.3 is 0 Å². The number of benzene rings is 2. The number of nitrogens with one attached hydrogen (secondary N) is 1. The fraction of sp³-hybridized carbons (Fsp3) is 0.500. The number of rotatable bonds is 13. The summed E-state index contributed by atoms with van der Waals surface area (Å²) < 4.78 is 13.5. The van der Waals surface area contributed by atoms with E-state index in [2.05, 4.69) is 28.1 Å². The van der Waals surface area contributed by atoms with Crippen molar-refractivity contribution in [1.29, 1.82) is 0 Å². The van der Waals surface area contributed by atoms with Crippen LogP contribution in [-0.2, 0) is 17.8 Å². The van der Waals surface area contributed by atoms with E-state index in [1.807, 2.05) is 51.1 Å². The normalized spacial score (nSPS) is 11.5. The summed E-state index contributed by atoms with van der Waals surface area (Å²) in [6, 6.07) is 16.1. The molecule has 0 bridgehead atoms. The minimum absolute atomic E-state index is 0.115. The van der Waals surface area contributed by atoms with Crippen LogP contribution in [0.4, 0.5) is 0 Å². The first-order chi connectivity index (χ1) is 16.4. The topological polar surface area (TPSA) is 65.4 Å². The summed E-state index contributed by atoms with van der Waals surface area (Å²) in [7, 11) is 1.66. The van der Waals surface area contributed by atoms with E-state index < -0.39 is 0 Å². The maximum Gasteiger partial charge on any atom is 0.225 e. The number of methoxy groups -OCH3 is 1. The molecule has 0 unspecified atom stereocenters. The summed E-state index contributed by atoms with van der Waals surface area (Å²) in [5.74, 6) is 2.91. The summed E-state index contributed by atoms with van der Waals surface area (Å²) in [5, 5.41) is 3.03. The Hall–Kier alpha value is -3.02. The number of amides is 1. The predicted molar refractivity (Wildman–Crippen MR) is 137 cm³/mol. The molecule has 0 spiro atoms. The maximum absolute atomic E-state index is 12.0. The second kappa shape index (κ2) is 12.4. The average Bonchev–Trinajstić information content (AvgIpc) is 3.17. The largest absolute Gasteiger partial charge is 0.497 e. The van der Waals surface area contributed by atoms with Gasteiger partial charge in [0.05, 0.1) is 24.8 Å². The van der Waals surface area contributed by atoms with Crippen LogP contribution in [0.3, 0.4) is 0 Å². The molecule has 3 rings (SSSR count). The van der Waals surface area contributed by atoms with Crippen molar-refractivity contribution >= 4 is 16.9 Å². The number of imidazole rings is 1. The fourth-order valence-corrected chi connectivity index (χ4v) is 3.87. The highest BCUT2D eigenvalue weighted by Crippen LogP contribution is 2.21. The van der Waals surface area contributed by atoms with E-state index in [0.717, 1.165) is 74.5 Å².